The van der Waals surface area contributed by atoms with Crippen molar-refractivity contribution < 1.29 is 4.74 Å². The Morgan fingerprint density at radius 1 is 1.50 bits per heavy atom. The van der Waals surface area contributed by atoms with Gasteiger partial charge in [0.2, 0.25) is 0 Å². The number of hydrogen-bond donors (Lipinski definition) is 1. The molecule has 0 bridgehead atoms. The first-order valence-corrected chi connectivity index (χ1v) is 7.42. The number of nitrogens with two attached hydrogens (primary N) is 1. The van der Waals surface area contributed by atoms with Crippen LogP contribution in [0, 0.1) is 5.92 Å². The molecule has 2 heterocycles. The predicted molar refractivity (Wildman–Crippen MR) is 69.9 cm³/mol. The maximum atomic E-state index is 6.05. The molecule has 3 unspecified atom stereocenters. The highest BCUT2D eigenvalue weighted by Gasteiger charge is 2.42. The van der Waals surface area contributed by atoms with Crippen molar-refractivity contribution in [3.8, 4) is 0 Å². The molecule has 4 heteroatoms. The lowest BCUT2D eigenvalue weighted by molar-refractivity contribution is 0.0409. The molecule has 0 aromatic heterocycles. The van der Waals surface area contributed by atoms with Crippen LogP contribution in [0.25, 0.3) is 0 Å². The van der Waals surface area contributed by atoms with Gasteiger partial charge >= 0.3 is 0 Å². The van der Waals surface area contributed by atoms with Gasteiger partial charge in [-0.2, -0.15) is 11.8 Å². The van der Waals surface area contributed by atoms with Gasteiger partial charge in [-0.05, 0) is 32.6 Å². The molecule has 2 rings (SSSR count). The first kappa shape index (κ1) is 12.7. The van der Waals surface area contributed by atoms with E-state index in [4.69, 9.17) is 10.5 Å². The summed E-state index contributed by atoms with van der Waals surface area (Å²) in [5, 5.41) is 0. The van der Waals surface area contributed by atoms with Gasteiger partial charge in [0, 0.05) is 36.4 Å². The second kappa shape index (κ2) is 5.25. The number of hydrogen-bond acceptors (Lipinski definition) is 4. The first-order chi connectivity index (χ1) is 7.68. The average Bonchev–Trinajstić information content (AvgIpc) is 2.98. The third-order valence-electron chi connectivity index (χ3n) is 4.48. The van der Waals surface area contributed by atoms with Crippen LogP contribution >= 0.6 is 11.8 Å². The fourth-order valence-electron chi connectivity index (χ4n) is 2.87. The molecule has 0 aliphatic carbocycles. The van der Waals surface area contributed by atoms with Gasteiger partial charge in [0.15, 0.2) is 0 Å². The topological polar surface area (TPSA) is 38.5 Å². The Morgan fingerprint density at radius 3 is 2.81 bits per heavy atom. The molecule has 3 atom stereocenters. The van der Waals surface area contributed by atoms with Crippen molar-refractivity contribution in [2.45, 2.75) is 31.3 Å². The van der Waals surface area contributed by atoms with Crippen LogP contribution in [0.2, 0.25) is 0 Å². The molecule has 2 fully saturated rings. The van der Waals surface area contributed by atoms with Crippen molar-refractivity contribution in [1.82, 2.24) is 4.90 Å². The molecule has 3 nitrogen and oxygen atoms in total. The third kappa shape index (κ3) is 2.26. The van der Waals surface area contributed by atoms with E-state index in [0.717, 1.165) is 26.2 Å². The molecule has 94 valence electrons. The van der Waals surface area contributed by atoms with E-state index in [9.17, 15) is 0 Å². The lowest BCUT2D eigenvalue weighted by Gasteiger charge is -2.45. The predicted octanol–water partition coefficient (Wildman–Crippen LogP) is 1.18. The van der Waals surface area contributed by atoms with E-state index < -0.39 is 0 Å². The van der Waals surface area contributed by atoms with E-state index in [1.807, 2.05) is 0 Å². The average molecular weight is 244 g/mol. The summed E-state index contributed by atoms with van der Waals surface area (Å²) in [7, 11) is 2.25. The molecule has 2 N–H and O–H groups in total. The zero-order valence-electron chi connectivity index (χ0n) is 10.4. The molecule has 0 spiro atoms. The molecule has 0 saturated carbocycles. The number of ether oxygens (including phenoxy) is 1. The molecule has 0 aromatic carbocycles. The van der Waals surface area contributed by atoms with Gasteiger partial charge < -0.3 is 10.5 Å². The van der Waals surface area contributed by atoms with Crippen LogP contribution < -0.4 is 5.73 Å². The molecule has 2 saturated heterocycles. The van der Waals surface area contributed by atoms with Crippen LogP contribution in [0.1, 0.15) is 19.8 Å². The Bertz CT molecular complexity index is 227. The molecule has 0 aromatic rings. The number of thioether (sulfide) groups is 1. The van der Waals surface area contributed by atoms with Gasteiger partial charge in [0.05, 0.1) is 6.61 Å². The van der Waals surface area contributed by atoms with E-state index >= 15 is 0 Å². The summed E-state index contributed by atoms with van der Waals surface area (Å²) in [5.74, 6) is 3.17. The summed E-state index contributed by atoms with van der Waals surface area (Å²) < 4.78 is 5.53. The van der Waals surface area contributed by atoms with Crippen molar-refractivity contribution in [3.05, 3.63) is 0 Å². The fraction of sp³-hybridized carbons (Fsp3) is 1.00. The zero-order chi connectivity index (χ0) is 11.6. The second-order valence-corrected chi connectivity index (χ2v) is 6.40. The Hall–Kier alpha value is 0.230. The van der Waals surface area contributed by atoms with Crippen LogP contribution in [0.15, 0.2) is 0 Å². The van der Waals surface area contributed by atoms with Crippen molar-refractivity contribution in [3.63, 3.8) is 0 Å². The molecule has 0 radical (unpaired) electrons. The lowest BCUT2D eigenvalue weighted by atomic mass is 9.82. The number of likely N-dealkylation sites (N-methyl/N-ethyl adjacent to an activating group) is 1. The molecule has 2 aliphatic rings. The summed E-state index contributed by atoms with van der Waals surface area (Å²) in [6.07, 6.45) is 2.47. The van der Waals surface area contributed by atoms with E-state index in [1.165, 1.54) is 17.9 Å². The minimum atomic E-state index is 0.117. The van der Waals surface area contributed by atoms with Gasteiger partial charge in [-0.15, -0.1) is 0 Å². The van der Waals surface area contributed by atoms with Crippen molar-refractivity contribution >= 4 is 11.8 Å². The minimum Gasteiger partial charge on any atom is -0.381 e. The SMILES string of the molecule is CN(C1CCSC1)C(C)(CN)C1CCOC1. The molecule has 2 aliphatic heterocycles. The highest BCUT2D eigenvalue weighted by molar-refractivity contribution is 7.99. The summed E-state index contributed by atoms with van der Waals surface area (Å²) in [4.78, 5) is 2.53. The van der Waals surface area contributed by atoms with Crippen LogP contribution in [0.3, 0.4) is 0 Å². The maximum Gasteiger partial charge on any atom is 0.0513 e. The Morgan fingerprint density at radius 2 is 2.31 bits per heavy atom. The minimum absolute atomic E-state index is 0.117. The zero-order valence-corrected chi connectivity index (χ0v) is 11.3. The molecular formula is C12H24N2OS. The monoisotopic (exact) mass is 244 g/mol. The van der Waals surface area contributed by atoms with Gasteiger partial charge in [-0.1, -0.05) is 0 Å². The van der Waals surface area contributed by atoms with E-state index in [2.05, 4.69) is 30.6 Å². The summed E-state index contributed by atoms with van der Waals surface area (Å²) in [6, 6.07) is 0.708. The quantitative estimate of drug-likeness (QED) is 0.806. The normalized spacial score (nSPS) is 34.5. The molecule has 0 amide bonds. The largest absolute Gasteiger partial charge is 0.381 e. The van der Waals surface area contributed by atoms with Crippen LogP contribution in [0.5, 0.6) is 0 Å². The van der Waals surface area contributed by atoms with Crippen LogP contribution in [-0.4, -0.2) is 54.8 Å². The van der Waals surface area contributed by atoms with Crippen molar-refractivity contribution in [1.29, 1.82) is 0 Å². The van der Waals surface area contributed by atoms with Gasteiger partial charge in [0.25, 0.3) is 0 Å². The highest BCUT2D eigenvalue weighted by atomic mass is 32.2. The van der Waals surface area contributed by atoms with Gasteiger partial charge in [-0.3, -0.25) is 4.90 Å². The third-order valence-corrected chi connectivity index (χ3v) is 5.63. The first-order valence-electron chi connectivity index (χ1n) is 6.27. The maximum absolute atomic E-state index is 6.05. The number of nitrogens with zero attached hydrogens (tertiary/aromatic N) is 1. The lowest BCUT2D eigenvalue weighted by Crippen LogP contribution is -2.58. The smallest absolute Gasteiger partial charge is 0.0513 e. The molecular weight excluding hydrogens is 220 g/mol. The Labute approximate surface area is 103 Å². The van der Waals surface area contributed by atoms with E-state index in [1.54, 1.807) is 0 Å². The summed E-state index contributed by atoms with van der Waals surface area (Å²) in [6.45, 7) is 4.85. The fourth-order valence-corrected chi connectivity index (χ4v) is 4.14. The highest BCUT2D eigenvalue weighted by Crippen LogP contribution is 2.34. The van der Waals surface area contributed by atoms with Gasteiger partial charge in [0.1, 0.15) is 0 Å². The van der Waals surface area contributed by atoms with Crippen LogP contribution in [-0.2, 0) is 4.74 Å². The Balaban J connectivity index is 2.05. The van der Waals surface area contributed by atoms with Crippen molar-refractivity contribution in [2.24, 2.45) is 11.7 Å². The molecule has 16 heavy (non-hydrogen) atoms. The summed E-state index contributed by atoms with van der Waals surface area (Å²) >= 11 is 2.07. The van der Waals surface area contributed by atoms with E-state index in [0.29, 0.717) is 12.0 Å². The van der Waals surface area contributed by atoms with Crippen molar-refractivity contribution in [2.75, 3.05) is 38.3 Å². The van der Waals surface area contributed by atoms with Gasteiger partial charge in [-0.25, -0.2) is 0 Å². The number of rotatable bonds is 4. The Kier molecular flexibility index (Phi) is 4.16. The standard InChI is InChI=1S/C12H24N2OS/c1-12(9-13,10-3-5-15-7-10)14(2)11-4-6-16-8-11/h10-11H,3-9,13H2,1-2H3. The second-order valence-electron chi connectivity index (χ2n) is 5.25. The van der Waals surface area contributed by atoms with E-state index in [-0.39, 0.29) is 5.54 Å². The van der Waals surface area contributed by atoms with Crippen LogP contribution in [0.4, 0.5) is 0 Å². The summed E-state index contributed by atoms with van der Waals surface area (Å²) in [5.41, 5.74) is 6.17.